The molecule has 2 aliphatic rings. The lowest BCUT2D eigenvalue weighted by atomic mass is 9.93. The van der Waals surface area contributed by atoms with Crippen LogP contribution in [0.1, 0.15) is 24.2 Å². The molecule has 0 radical (unpaired) electrons. The van der Waals surface area contributed by atoms with Crippen LogP contribution >= 0.6 is 0 Å². The smallest absolute Gasteiger partial charge is 0.187 e. The number of rotatable bonds is 3. The first-order valence-electron chi connectivity index (χ1n) is 9.74. The summed E-state index contributed by atoms with van der Waals surface area (Å²) in [5.74, 6) is -0.941. The molecule has 0 amide bonds. The van der Waals surface area contributed by atoms with Crippen LogP contribution < -0.4 is 4.74 Å². The van der Waals surface area contributed by atoms with E-state index in [4.69, 9.17) is 14.2 Å². The maximum absolute atomic E-state index is 10.3. The molecular weight excluding hydrogens is 412 g/mol. The van der Waals surface area contributed by atoms with E-state index in [1.54, 1.807) is 0 Å². The second kappa shape index (κ2) is 8.06. The summed E-state index contributed by atoms with van der Waals surface area (Å²) in [4.78, 5) is 0. The minimum atomic E-state index is -1.55. The topological polar surface area (TPSA) is 169 Å². The number of benzene rings is 2. The summed E-state index contributed by atoms with van der Waals surface area (Å²) >= 11 is 0. The van der Waals surface area contributed by atoms with Crippen LogP contribution in [0.15, 0.2) is 30.3 Å². The van der Waals surface area contributed by atoms with E-state index in [0.29, 0.717) is 11.1 Å². The second-order valence-electron chi connectivity index (χ2n) is 7.79. The van der Waals surface area contributed by atoms with Crippen LogP contribution in [0.4, 0.5) is 0 Å². The van der Waals surface area contributed by atoms with Gasteiger partial charge in [-0.15, -0.1) is 0 Å². The van der Waals surface area contributed by atoms with Crippen LogP contribution in [0.5, 0.6) is 28.7 Å². The maximum atomic E-state index is 10.3. The molecule has 0 aliphatic carbocycles. The summed E-state index contributed by atoms with van der Waals surface area (Å²) < 4.78 is 17.4. The van der Waals surface area contributed by atoms with Crippen LogP contribution in [-0.2, 0) is 15.9 Å². The third-order valence-corrected chi connectivity index (χ3v) is 5.61. The highest BCUT2D eigenvalue weighted by atomic mass is 16.7. The van der Waals surface area contributed by atoms with E-state index in [2.05, 4.69) is 0 Å². The Kier molecular flexibility index (Phi) is 5.58. The third-order valence-electron chi connectivity index (χ3n) is 5.61. The molecule has 2 aromatic carbocycles. The Labute approximate surface area is 177 Å². The molecule has 168 valence electrons. The van der Waals surface area contributed by atoms with Gasteiger partial charge in [0.15, 0.2) is 23.9 Å². The van der Waals surface area contributed by atoms with Gasteiger partial charge < -0.3 is 50.0 Å². The van der Waals surface area contributed by atoms with E-state index in [0.717, 1.165) is 6.07 Å². The van der Waals surface area contributed by atoms with Crippen LogP contribution in [-0.4, -0.2) is 72.6 Å². The summed E-state index contributed by atoms with van der Waals surface area (Å²) in [6.45, 7) is 1.52. The number of fused-ring (bicyclic) bond motifs is 1. The summed E-state index contributed by atoms with van der Waals surface area (Å²) in [6.07, 6.45) is -8.15. The lowest BCUT2D eigenvalue weighted by molar-refractivity contribution is -0.310. The fourth-order valence-corrected chi connectivity index (χ4v) is 3.87. The van der Waals surface area contributed by atoms with Gasteiger partial charge in [-0.05, 0) is 24.6 Å². The highest BCUT2D eigenvalue weighted by molar-refractivity contribution is 5.52. The van der Waals surface area contributed by atoms with Crippen molar-refractivity contribution in [1.29, 1.82) is 0 Å². The van der Waals surface area contributed by atoms with Crippen LogP contribution in [0, 0.1) is 0 Å². The number of aliphatic hydroxyl groups excluding tert-OH is 3. The van der Waals surface area contributed by atoms with Crippen LogP contribution in [0.25, 0.3) is 0 Å². The summed E-state index contributed by atoms with van der Waals surface area (Å²) in [6, 6.07) is 6.54. The zero-order chi connectivity index (χ0) is 22.4. The molecule has 7 atom stereocenters. The van der Waals surface area contributed by atoms with Gasteiger partial charge in [-0.3, -0.25) is 0 Å². The van der Waals surface area contributed by atoms with E-state index >= 15 is 0 Å². The van der Waals surface area contributed by atoms with Crippen molar-refractivity contribution in [3.05, 3.63) is 41.5 Å². The first kappa shape index (κ1) is 21.5. The van der Waals surface area contributed by atoms with Gasteiger partial charge in [0.2, 0.25) is 0 Å². The normalized spacial score (nSPS) is 32.8. The molecule has 0 bridgehead atoms. The van der Waals surface area contributed by atoms with Gasteiger partial charge in [-0.1, -0.05) is 6.07 Å². The highest BCUT2D eigenvalue weighted by Crippen LogP contribution is 2.44. The zero-order valence-corrected chi connectivity index (χ0v) is 16.5. The molecule has 10 heteroatoms. The van der Waals surface area contributed by atoms with Gasteiger partial charge in [0.1, 0.15) is 41.7 Å². The Bertz CT molecular complexity index is 963. The fourth-order valence-electron chi connectivity index (χ4n) is 3.87. The number of phenolic OH excluding ortho intramolecular Hbond substituents is 4. The van der Waals surface area contributed by atoms with Crippen molar-refractivity contribution in [2.75, 3.05) is 0 Å². The molecule has 2 aliphatic heterocycles. The van der Waals surface area contributed by atoms with E-state index in [1.807, 2.05) is 0 Å². The van der Waals surface area contributed by atoms with E-state index in [1.165, 1.54) is 31.2 Å². The Balaban J connectivity index is 1.69. The zero-order valence-electron chi connectivity index (χ0n) is 16.5. The number of aliphatic hydroxyl groups is 3. The quantitative estimate of drug-likeness (QED) is 0.334. The van der Waals surface area contributed by atoms with Crippen molar-refractivity contribution in [3.63, 3.8) is 0 Å². The van der Waals surface area contributed by atoms with Crippen molar-refractivity contribution in [3.8, 4) is 28.7 Å². The third kappa shape index (κ3) is 3.95. The van der Waals surface area contributed by atoms with Gasteiger partial charge in [-0.2, -0.15) is 0 Å². The molecule has 1 saturated heterocycles. The molecule has 31 heavy (non-hydrogen) atoms. The fraction of sp³-hybridized carbons (Fsp3) is 0.429. The van der Waals surface area contributed by atoms with E-state index < -0.39 is 42.9 Å². The molecule has 0 spiro atoms. The van der Waals surface area contributed by atoms with E-state index in [-0.39, 0.29) is 35.2 Å². The number of aromatic hydroxyl groups is 4. The van der Waals surface area contributed by atoms with Gasteiger partial charge >= 0.3 is 0 Å². The first-order valence-corrected chi connectivity index (χ1v) is 9.74. The van der Waals surface area contributed by atoms with E-state index in [9.17, 15) is 35.7 Å². The average Bonchev–Trinajstić information content (AvgIpc) is 2.72. The first-order chi connectivity index (χ1) is 14.7. The average molecular weight is 436 g/mol. The number of phenols is 4. The van der Waals surface area contributed by atoms with Crippen molar-refractivity contribution >= 4 is 0 Å². The highest BCUT2D eigenvalue weighted by Gasteiger charge is 2.45. The molecule has 2 aromatic rings. The van der Waals surface area contributed by atoms with Crippen molar-refractivity contribution in [2.24, 2.45) is 0 Å². The van der Waals surface area contributed by atoms with Gasteiger partial charge in [0.25, 0.3) is 0 Å². The summed E-state index contributed by atoms with van der Waals surface area (Å²) in [5, 5.41) is 69.9. The Morgan fingerprint density at radius 3 is 2.32 bits per heavy atom. The number of ether oxygens (including phenoxy) is 3. The van der Waals surface area contributed by atoms with Crippen molar-refractivity contribution in [1.82, 2.24) is 0 Å². The Morgan fingerprint density at radius 1 is 0.871 bits per heavy atom. The lowest BCUT2D eigenvalue weighted by Crippen LogP contribution is -2.58. The molecule has 2 heterocycles. The molecule has 0 aromatic heterocycles. The maximum Gasteiger partial charge on any atom is 0.187 e. The minimum absolute atomic E-state index is 0.0767. The standard InChI is InChI=1S/C21H24O10/c1-8-17(26)18(27)19(28)21(29-8)31-16-7-11-13(24)5-10(22)6-15(11)30-20(16)9-2-3-12(23)14(25)4-9/h2-6,8,16-28H,7H2,1H3/t8-,16-,17-,18+,19-,20?,21?/m1/s1. The summed E-state index contributed by atoms with van der Waals surface area (Å²) in [5.41, 5.74) is 0.758. The molecule has 4 rings (SSSR count). The number of hydrogen-bond donors (Lipinski definition) is 7. The molecule has 10 nitrogen and oxygen atoms in total. The number of hydrogen-bond acceptors (Lipinski definition) is 10. The van der Waals surface area contributed by atoms with Crippen molar-refractivity contribution in [2.45, 2.75) is 56.3 Å². The predicted molar refractivity (Wildman–Crippen MR) is 104 cm³/mol. The van der Waals surface area contributed by atoms with Gasteiger partial charge in [-0.25, -0.2) is 0 Å². The second-order valence-corrected chi connectivity index (χ2v) is 7.79. The van der Waals surface area contributed by atoms with Gasteiger partial charge in [0, 0.05) is 24.1 Å². The Morgan fingerprint density at radius 2 is 1.61 bits per heavy atom. The minimum Gasteiger partial charge on any atom is -0.508 e. The molecule has 2 unspecified atom stereocenters. The lowest BCUT2D eigenvalue weighted by Gasteiger charge is -2.42. The van der Waals surface area contributed by atoms with Crippen LogP contribution in [0.3, 0.4) is 0 Å². The molecular formula is C21H24O10. The SMILES string of the molecule is C[C@H]1OC(O[C@@H]2Cc3c(O)cc(O)cc3OC2c2ccc(O)c(O)c2)[C@H](O)[C@@H](O)[C@@H]1O. The Hall–Kier alpha value is -2.76. The molecule has 1 fully saturated rings. The monoisotopic (exact) mass is 436 g/mol. The molecule has 0 saturated carbocycles. The summed E-state index contributed by atoms with van der Waals surface area (Å²) in [7, 11) is 0. The van der Waals surface area contributed by atoms with Gasteiger partial charge in [0.05, 0.1) is 6.10 Å². The van der Waals surface area contributed by atoms with Crippen molar-refractivity contribution < 1.29 is 50.0 Å². The largest absolute Gasteiger partial charge is 0.508 e. The predicted octanol–water partition coefficient (Wildman–Crippen LogP) is 0.398. The van der Waals surface area contributed by atoms with Crippen LogP contribution in [0.2, 0.25) is 0 Å². The molecule has 7 N–H and O–H groups in total.